The van der Waals surface area contributed by atoms with Crippen molar-refractivity contribution in [3.05, 3.63) is 35.9 Å². The van der Waals surface area contributed by atoms with Crippen molar-refractivity contribution >= 4 is 17.8 Å². The first-order valence-corrected chi connectivity index (χ1v) is 4.73. The minimum atomic E-state index is -1.19. The number of imide groups is 1. The highest BCUT2D eigenvalue weighted by Gasteiger charge is 2.47. The van der Waals surface area contributed by atoms with Gasteiger partial charge in [-0.1, -0.05) is 30.3 Å². The van der Waals surface area contributed by atoms with Crippen LogP contribution in [0.2, 0.25) is 0 Å². The summed E-state index contributed by atoms with van der Waals surface area (Å²) in [5.74, 6) is -2.90. The molecule has 0 bridgehead atoms. The van der Waals surface area contributed by atoms with Crippen molar-refractivity contribution in [2.24, 2.45) is 0 Å². The average Bonchev–Trinajstić information content (AvgIpc) is 2.28. The summed E-state index contributed by atoms with van der Waals surface area (Å²) in [5, 5.41) is 8.50. The van der Waals surface area contributed by atoms with E-state index in [9.17, 15) is 14.4 Å². The third-order valence-corrected chi connectivity index (χ3v) is 2.45. The Morgan fingerprint density at radius 3 is 2.25 bits per heavy atom. The molecule has 0 radical (unpaired) electrons. The van der Waals surface area contributed by atoms with E-state index >= 15 is 0 Å². The fourth-order valence-corrected chi connectivity index (χ4v) is 1.68. The Morgan fingerprint density at radius 1 is 1.19 bits per heavy atom. The Bertz CT molecular complexity index is 438. The Kier molecular flexibility index (Phi) is 2.44. The van der Waals surface area contributed by atoms with Gasteiger partial charge in [-0.05, 0) is 5.56 Å². The van der Waals surface area contributed by atoms with Gasteiger partial charge in [-0.15, -0.1) is 0 Å². The second-order valence-electron chi connectivity index (χ2n) is 3.50. The number of carbonyl (C=O) groups excluding carboxylic acids is 2. The molecule has 1 aliphatic rings. The molecule has 0 aliphatic carbocycles. The Hall–Kier alpha value is -2.17. The summed E-state index contributed by atoms with van der Waals surface area (Å²) in [6.07, 6.45) is 0. The third-order valence-electron chi connectivity index (χ3n) is 2.45. The smallest absolute Gasteiger partial charge is 0.323 e. The molecule has 16 heavy (non-hydrogen) atoms. The Labute approximate surface area is 91.3 Å². The van der Waals surface area contributed by atoms with Crippen LogP contribution >= 0.6 is 0 Å². The molecule has 0 spiro atoms. The maximum absolute atomic E-state index is 11.5. The quantitative estimate of drug-likeness (QED) is 0.583. The lowest BCUT2D eigenvalue weighted by molar-refractivity contribution is -0.165. The molecule has 0 aromatic heterocycles. The van der Waals surface area contributed by atoms with Crippen LogP contribution in [0.5, 0.6) is 0 Å². The number of amides is 2. The van der Waals surface area contributed by atoms with E-state index in [2.05, 4.69) is 0 Å². The summed E-state index contributed by atoms with van der Waals surface area (Å²) in [7, 11) is 0. The van der Waals surface area contributed by atoms with Crippen molar-refractivity contribution in [1.82, 2.24) is 4.90 Å². The van der Waals surface area contributed by atoms with E-state index in [0.29, 0.717) is 5.56 Å². The number of likely N-dealkylation sites (tertiary alicyclic amines) is 1. The number of benzene rings is 1. The molecule has 2 amide bonds. The topological polar surface area (TPSA) is 74.7 Å². The number of hydrogen-bond donors (Lipinski definition) is 1. The molecule has 0 saturated carbocycles. The standard InChI is InChI=1S/C11H9NO4/c13-8(14)6-12-10(15)9(11(12)16)7-4-2-1-3-5-7/h1-5,9H,6H2,(H,13,14). The number of carboxylic acid groups (broad SMARTS) is 1. The van der Waals surface area contributed by atoms with E-state index in [1.54, 1.807) is 30.3 Å². The molecule has 1 fully saturated rings. The van der Waals surface area contributed by atoms with Crippen LogP contribution in [0.1, 0.15) is 11.5 Å². The Morgan fingerprint density at radius 2 is 1.75 bits per heavy atom. The normalized spacial score (nSPS) is 16.1. The van der Waals surface area contributed by atoms with Crippen LogP contribution in [0.3, 0.4) is 0 Å². The van der Waals surface area contributed by atoms with E-state index in [1.807, 2.05) is 0 Å². The maximum atomic E-state index is 11.5. The fourth-order valence-electron chi connectivity index (χ4n) is 1.68. The predicted molar refractivity (Wildman–Crippen MR) is 53.5 cm³/mol. The predicted octanol–water partition coefficient (Wildman–Crippen LogP) is 0.224. The minimum absolute atomic E-state index is 0.446. The van der Waals surface area contributed by atoms with Gasteiger partial charge in [0.05, 0.1) is 0 Å². The average molecular weight is 219 g/mol. The van der Waals surface area contributed by atoms with Gasteiger partial charge < -0.3 is 5.11 Å². The van der Waals surface area contributed by atoms with Crippen molar-refractivity contribution in [1.29, 1.82) is 0 Å². The van der Waals surface area contributed by atoms with Crippen LogP contribution in [0, 0.1) is 0 Å². The molecule has 5 heteroatoms. The summed E-state index contributed by atoms with van der Waals surface area (Å²) in [4.78, 5) is 34.2. The molecular weight excluding hydrogens is 210 g/mol. The van der Waals surface area contributed by atoms with Crippen LogP contribution in [-0.4, -0.2) is 34.3 Å². The lowest BCUT2D eigenvalue weighted by Gasteiger charge is -2.34. The van der Waals surface area contributed by atoms with E-state index in [1.165, 1.54) is 0 Å². The summed E-state index contributed by atoms with van der Waals surface area (Å²) in [6, 6.07) is 8.61. The molecule has 5 nitrogen and oxygen atoms in total. The number of nitrogens with zero attached hydrogens (tertiary/aromatic N) is 1. The highest BCUT2D eigenvalue weighted by atomic mass is 16.4. The molecule has 0 atom stereocenters. The van der Waals surface area contributed by atoms with Crippen molar-refractivity contribution < 1.29 is 19.5 Å². The molecule has 0 unspecified atom stereocenters. The molecule has 1 aromatic rings. The second-order valence-corrected chi connectivity index (χ2v) is 3.50. The number of β-lactam (4-membered cyclic amide) rings is 2. The summed E-state index contributed by atoms with van der Waals surface area (Å²) >= 11 is 0. The monoisotopic (exact) mass is 219 g/mol. The van der Waals surface area contributed by atoms with Crippen molar-refractivity contribution in [2.45, 2.75) is 5.92 Å². The fraction of sp³-hybridized carbons (Fsp3) is 0.182. The zero-order valence-corrected chi connectivity index (χ0v) is 8.29. The van der Waals surface area contributed by atoms with Gasteiger partial charge in [-0.25, -0.2) is 0 Å². The van der Waals surface area contributed by atoms with Gasteiger partial charge in [0.15, 0.2) is 0 Å². The largest absolute Gasteiger partial charge is 0.480 e. The second kappa shape index (κ2) is 3.77. The van der Waals surface area contributed by atoms with Gasteiger partial charge in [0.1, 0.15) is 12.5 Å². The first kappa shape index (κ1) is 10.4. The zero-order valence-electron chi connectivity index (χ0n) is 8.29. The van der Waals surface area contributed by atoms with Crippen molar-refractivity contribution in [3.8, 4) is 0 Å². The van der Waals surface area contributed by atoms with E-state index < -0.39 is 30.2 Å². The lowest BCUT2D eigenvalue weighted by Crippen LogP contribution is -2.57. The first-order valence-electron chi connectivity index (χ1n) is 4.73. The molecule has 1 saturated heterocycles. The van der Waals surface area contributed by atoms with Gasteiger partial charge in [-0.3, -0.25) is 19.3 Å². The van der Waals surface area contributed by atoms with Gasteiger partial charge in [-0.2, -0.15) is 0 Å². The number of aliphatic carboxylic acids is 1. The summed E-state index contributed by atoms with van der Waals surface area (Å²) in [6.45, 7) is -0.555. The summed E-state index contributed by atoms with van der Waals surface area (Å²) < 4.78 is 0. The molecule has 1 aromatic carbocycles. The van der Waals surface area contributed by atoms with Crippen LogP contribution in [0.4, 0.5) is 0 Å². The Balaban J connectivity index is 2.15. The molecule has 1 aliphatic heterocycles. The van der Waals surface area contributed by atoms with Gasteiger partial charge in [0.25, 0.3) is 0 Å². The maximum Gasteiger partial charge on any atom is 0.323 e. The van der Waals surface area contributed by atoms with E-state index in [0.717, 1.165) is 4.90 Å². The van der Waals surface area contributed by atoms with Crippen LogP contribution < -0.4 is 0 Å². The molecular formula is C11H9NO4. The SMILES string of the molecule is O=C(O)CN1C(=O)C(c2ccccc2)C1=O. The third kappa shape index (κ3) is 1.56. The first-order chi connectivity index (χ1) is 7.61. The highest BCUT2D eigenvalue weighted by Crippen LogP contribution is 2.29. The van der Waals surface area contributed by atoms with Gasteiger partial charge >= 0.3 is 5.97 Å². The molecule has 1 heterocycles. The lowest BCUT2D eigenvalue weighted by atomic mass is 9.89. The zero-order chi connectivity index (χ0) is 11.7. The van der Waals surface area contributed by atoms with E-state index in [4.69, 9.17) is 5.11 Å². The number of carbonyl (C=O) groups is 3. The van der Waals surface area contributed by atoms with Crippen LogP contribution in [0.15, 0.2) is 30.3 Å². The molecule has 82 valence electrons. The number of hydrogen-bond acceptors (Lipinski definition) is 3. The number of rotatable bonds is 3. The molecule has 2 rings (SSSR count). The van der Waals surface area contributed by atoms with Gasteiger partial charge in [0.2, 0.25) is 11.8 Å². The van der Waals surface area contributed by atoms with Crippen LogP contribution in [0.25, 0.3) is 0 Å². The van der Waals surface area contributed by atoms with Crippen molar-refractivity contribution in [2.75, 3.05) is 6.54 Å². The highest BCUT2D eigenvalue weighted by molar-refractivity contribution is 6.22. The molecule has 1 N–H and O–H groups in total. The van der Waals surface area contributed by atoms with Crippen LogP contribution in [-0.2, 0) is 14.4 Å². The summed E-state index contributed by atoms with van der Waals surface area (Å²) in [5.41, 5.74) is 0.610. The van der Waals surface area contributed by atoms with E-state index in [-0.39, 0.29) is 0 Å². The van der Waals surface area contributed by atoms with Crippen molar-refractivity contribution in [3.63, 3.8) is 0 Å². The van der Waals surface area contributed by atoms with Gasteiger partial charge in [0, 0.05) is 0 Å². The minimum Gasteiger partial charge on any atom is -0.480 e. The number of carboxylic acids is 1.